The molecule has 2 aromatic rings. The summed E-state index contributed by atoms with van der Waals surface area (Å²) >= 11 is 6.19. The molecule has 18 heavy (non-hydrogen) atoms. The number of piperidine rings is 1. The van der Waals surface area contributed by atoms with Gasteiger partial charge in [-0.25, -0.2) is 4.98 Å². The van der Waals surface area contributed by atoms with Gasteiger partial charge in [0.2, 0.25) is 0 Å². The predicted molar refractivity (Wildman–Crippen MR) is 74.0 cm³/mol. The highest BCUT2D eigenvalue weighted by Gasteiger charge is 2.24. The van der Waals surface area contributed by atoms with Crippen molar-refractivity contribution in [3.63, 3.8) is 0 Å². The fourth-order valence-corrected chi connectivity index (χ4v) is 3.07. The summed E-state index contributed by atoms with van der Waals surface area (Å²) in [5, 5.41) is 0.727. The van der Waals surface area contributed by atoms with Gasteiger partial charge in [-0.15, -0.1) is 0 Å². The highest BCUT2D eigenvalue weighted by atomic mass is 35.5. The second kappa shape index (κ2) is 4.90. The zero-order valence-corrected chi connectivity index (χ0v) is 11.4. The van der Waals surface area contributed by atoms with Crippen LogP contribution < -0.4 is 0 Å². The van der Waals surface area contributed by atoms with Gasteiger partial charge in [-0.05, 0) is 38.1 Å². The van der Waals surface area contributed by atoms with Gasteiger partial charge < -0.3 is 0 Å². The van der Waals surface area contributed by atoms with Crippen LogP contribution in [0.4, 0.5) is 0 Å². The molecule has 3 rings (SSSR count). The summed E-state index contributed by atoms with van der Waals surface area (Å²) in [6.07, 6.45) is 5.90. The number of fused-ring (bicyclic) bond motifs is 1. The van der Waals surface area contributed by atoms with Gasteiger partial charge in [0.25, 0.3) is 0 Å². The summed E-state index contributed by atoms with van der Waals surface area (Å²) in [6, 6.07) is 6.32. The molecule has 1 aliphatic rings. The number of imidazole rings is 1. The molecule has 0 saturated carbocycles. The van der Waals surface area contributed by atoms with Crippen molar-refractivity contribution >= 4 is 17.2 Å². The van der Waals surface area contributed by atoms with E-state index in [1.54, 1.807) is 0 Å². The molecule has 0 aliphatic carbocycles. The number of likely N-dealkylation sites (tertiary alicyclic amines) is 1. The lowest BCUT2D eigenvalue weighted by Gasteiger charge is -2.33. The van der Waals surface area contributed by atoms with Crippen molar-refractivity contribution in [3.8, 4) is 0 Å². The highest BCUT2D eigenvalue weighted by molar-refractivity contribution is 6.29. The second-order valence-corrected chi connectivity index (χ2v) is 5.27. The van der Waals surface area contributed by atoms with E-state index in [0.717, 1.165) is 23.0 Å². The highest BCUT2D eigenvalue weighted by Crippen LogP contribution is 2.30. The average Bonchev–Trinajstić information content (AvgIpc) is 2.84. The van der Waals surface area contributed by atoms with E-state index in [4.69, 9.17) is 16.6 Å². The van der Waals surface area contributed by atoms with Crippen molar-refractivity contribution in [3.05, 3.63) is 35.2 Å². The van der Waals surface area contributed by atoms with E-state index < -0.39 is 0 Å². The third-order valence-corrected chi connectivity index (χ3v) is 4.13. The third kappa shape index (κ3) is 2.02. The van der Waals surface area contributed by atoms with Crippen LogP contribution >= 0.6 is 11.6 Å². The number of pyridine rings is 1. The van der Waals surface area contributed by atoms with Crippen LogP contribution in [0.15, 0.2) is 24.4 Å². The van der Waals surface area contributed by atoms with Crippen molar-refractivity contribution < 1.29 is 0 Å². The fraction of sp³-hybridized carbons (Fsp3) is 0.500. The topological polar surface area (TPSA) is 20.5 Å². The Morgan fingerprint density at radius 1 is 1.39 bits per heavy atom. The predicted octanol–water partition coefficient (Wildman–Crippen LogP) is 3.53. The Morgan fingerprint density at radius 3 is 3.06 bits per heavy atom. The summed E-state index contributed by atoms with van der Waals surface area (Å²) in [7, 11) is 0. The molecule has 0 N–H and O–H groups in total. The van der Waals surface area contributed by atoms with Crippen LogP contribution in [0.5, 0.6) is 0 Å². The Hall–Kier alpha value is -1.06. The maximum Gasteiger partial charge on any atom is 0.138 e. The number of nitrogens with zero attached hydrogens (tertiary/aromatic N) is 3. The number of hydrogen-bond donors (Lipinski definition) is 0. The van der Waals surface area contributed by atoms with Gasteiger partial charge in [0.05, 0.1) is 11.7 Å². The minimum Gasteiger partial charge on any atom is -0.295 e. The summed E-state index contributed by atoms with van der Waals surface area (Å²) in [4.78, 5) is 7.25. The lowest BCUT2D eigenvalue weighted by atomic mass is 10.00. The van der Waals surface area contributed by atoms with E-state index in [1.165, 1.54) is 25.8 Å². The van der Waals surface area contributed by atoms with E-state index in [0.29, 0.717) is 6.04 Å². The van der Waals surface area contributed by atoms with Crippen LogP contribution in [0.3, 0.4) is 0 Å². The number of hydrogen-bond acceptors (Lipinski definition) is 2. The molecule has 1 fully saturated rings. The zero-order chi connectivity index (χ0) is 12.5. The summed E-state index contributed by atoms with van der Waals surface area (Å²) in [5.74, 6) is 0. The van der Waals surface area contributed by atoms with Gasteiger partial charge in [0, 0.05) is 6.20 Å². The summed E-state index contributed by atoms with van der Waals surface area (Å²) < 4.78 is 1.97. The average molecular weight is 264 g/mol. The van der Waals surface area contributed by atoms with E-state index in [1.807, 2.05) is 22.6 Å². The molecule has 0 bridgehead atoms. The van der Waals surface area contributed by atoms with E-state index in [9.17, 15) is 0 Å². The normalized spacial score (nSPS) is 21.6. The Kier molecular flexibility index (Phi) is 3.27. The van der Waals surface area contributed by atoms with Gasteiger partial charge in [-0.1, -0.05) is 31.0 Å². The Labute approximate surface area is 112 Å². The molecule has 0 aromatic carbocycles. The van der Waals surface area contributed by atoms with Gasteiger partial charge in [0.15, 0.2) is 0 Å². The molecule has 0 amide bonds. The first-order chi connectivity index (χ1) is 8.79. The molecular weight excluding hydrogens is 246 g/mol. The molecule has 0 radical (unpaired) electrons. The largest absolute Gasteiger partial charge is 0.295 e. The molecule has 2 aromatic heterocycles. The van der Waals surface area contributed by atoms with Gasteiger partial charge in [-0.2, -0.15) is 0 Å². The van der Waals surface area contributed by atoms with Crippen molar-refractivity contribution in [1.29, 1.82) is 0 Å². The van der Waals surface area contributed by atoms with E-state index in [-0.39, 0.29) is 0 Å². The van der Waals surface area contributed by atoms with Gasteiger partial charge in [-0.3, -0.25) is 9.30 Å². The van der Waals surface area contributed by atoms with Crippen molar-refractivity contribution in [2.45, 2.75) is 32.2 Å². The first kappa shape index (κ1) is 12.0. The zero-order valence-electron chi connectivity index (χ0n) is 10.6. The molecular formula is C14H18ClN3. The fourth-order valence-electron chi connectivity index (χ4n) is 2.86. The monoisotopic (exact) mass is 263 g/mol. The number of aromatic nitrogens is 2. The molecule has 1 atom stereocenters. The molecule has 96 valence electrons. The SMILES string of the molecule is CCN1CCCCC1c1cn2c(Cl)cccc2n1. The Balaban J connectivity index is 2.00. The lowest BCUT2D eigenvalue weighted by Crippen LogP contribution is -2.33. The van der Waals surface area contributed by atoms with Crippen molar-refractivity contribution in [2.24, 2.45) is 0 Å². The molecule has 3 nitrogen and oxygen atoms in total. The van der Waals surface area contributed by atoms with Crippen LogP contribution in [-0.2, 0) is 0 Å². The summed E-state index contributed by atoms with van der Waals surface area (Å²) in [6.45, 7) is 4.50. The summed E-state index contributed by atoms with van der Waals surface area (Å²) in [5.41, 5.74) is 2.10. The minimum atomic E-state index is 0.458. The van der Waals surface area contributed by atoms with Crippen LogP contribution in [-0.4, -0.2) is 27.4 Å². The Morgan fingerprint density at radius 2 is 2.28 bits per heavy atom. The molecule has 3 heterocycles. The standard InChI is InChI=1S/C14H18ClN3/c1-2-17-9-4-3-6-12(17)11-10-18-13(15)7-5-8-14(18)16-11/h5,7-8,10,12H,2-4,6,9H2,1H3. The first-order valence-corrected chi connectivity index (χ1v) is 7.05. The smallest absolute Gasteiger partial charge is 0.138 e. The second-order valence-electron chi connectivity index (χ2n) is 4.88. The molecule has 1 aliphatic heterocycles. The minimum absolute atomic E-state index is 0.458. The number of rotatable bonds is 2. The molecule has 0 spiro atoms. The molecule has 4 heteroatoms. The maximum absolute atomic E-state index is 6.19. The van der Waals surface area contributed by atoms with Crippen molar-refractivity contribution in [1.82, 2.24) is 14.3 Å². The molecule has 1 unspecified atom stereocenters. The van der Waals surface area contributed by atoms with E-state index in [2.05, 4.69) is 18.0 Å². The molecule has 1 saturated heterocycles. The van der Waals surface area contributed by atoms with Crippen LogP contribution in [0.2, 0.25) is 5.15 Å². The first-order valence-electron chi connectivity index (χ1n) is 6.67. The van der Waals surface area contributed by atoms with Crippen LogP contribution in [0, 0.1) is 0 Å². The Bertz CT molecular complexity index is 549. The number of halogens is 1. The maximum atomic E-state index is 6.19. The van der Waals surface area contributed by atoms with Crippen LogP contribution in [0.1, 0.15) is 37.9 Å². The third-order valence-electron chi connectivity index (χ3n) is 3.82. The quantitative estimate of drug-likeness (QED) is 0.773. The van der Waals surface area contributed by atoms with Crippen LogP contribution in [0.25, 0.3) is 5.65 Å². The van der Waals surface area contributed by atoms with Gasteiger partial charge >= 0.3 is 0 Å². The van der Waals surface area contributed by atoms with E-state index >= 15 is 0 Å². The van der Waals surface area contributed by atoms with Gasteiger partial charge in [0.1, 0.15) is 10.8 Å². The lowest BCUT2D eigenvalue weighted by molar-refractivity contribution is 0.154. The van der Waals surface area contributed by atoms with Crippen molar-refractivity contribution in [2.75, 3.05) is 13.1 Å².